The Kier molecular flexibility index (Phi) is 4.67. The summed E-state index contributed by atoms with van der Waals surface area (Å²) >= 11 is 3.13. The number of anilines is 1. The summed E-state index contributed by atoms with van der Waals surface area (Å²) in [6.45, 7) is 4.20. The lowest BCUT2D eigenvalue weighted by Gasteiger charge is -2.10. The van der Waals surface area contributed by atoms with E-state index >= 15 is 0 Å². The van der Waals surface area contributed by atoms with Gasteiger partial charge in [0.1, 0.15) is 10.6 Å². The molecule has 0 amide bonds. The molecule has 0 aliphatic heterocycles. The molecule has 0 spiro atoms. The zero-order chi connectivity index (χ0) is 21.8. The molecule has 0 saturated heterocycles. The van der Waals surface area contributed by atoms with Crippen LogP contribution in [0.4, 0.5) is 19.0 Å². The molecule has 5 aromatic rings. The van der Waals surface area contributed by atoms with Gasteiger partial charge in [0.25, 0.3) is 0 Å². The molecule has 0 aliphatic carbocycles. The van der Waals surface area contributed by atoms with Crippen LogP contribution in [0, 0.1) is 13.8 Å². The number of fused-ring (bicyclic) bond motifs is 2. The molecule has 0 saturated carbocycles. The van der Waals surface area contributed by atoms with Gasteiger partial charge in [-0.2, -0.15) is 13.2 Å². The van der Waals surface area contributed by atoms with Gasteiger partial charge in [-0.15, -0.1) is 32.9 Å². The highest BCUT2D eigenvalue weighted by molar-refractivity contribution is 7.19. The Morgan fingerprint density at radius 1 is 1.10 bits per heavy atom. The van der Waals surface area contributed by atoms with Crippen LogP contribution < -0.4 is 5.32 Å². The summed E-state index contributed by atoms with van der Waals surface area (Å²) in [5, 5.41) is 14.2. The second kappa shape index (κ2) is 7.27. The van der Waals surface area contributed by atoms with Gasteiger partial charge in [0.05, 0.1) is 22.4 Å². The van der Waals surface area contributed by atoms with Crippen LogP contribution in [0.15, 0.2) is 35.8 Å². The van der Waals surface area contributed by atoms with Crippen molar-refractivity contribution in [2.24, 2.45) is 0 Å². The van der Waals surface area contributed by atoms with Crippen LogP contribution >= 0.6 is 22.7 Å². The zero-order valence-corrected chi connectivity index (χ0v) is 18.0. The molecular weight excluding hydrogens is 445 g/mol. The molecular formula is C20H15F3N6S2. The van der Waals surface area contributed by atoms with E-state index in [1.54, 1.807) is 22.7 Å². The first-order valence-electron chi connectivity index (χ1n) is 9.27. The molecule has 1 N–H and O–H groups in total. The number of halogens is 3. The van der Waals surface area contributed by atoms with Crippen molar-refractivity contribution < 1.29 is 13.2 Å². The average Bonchev–Trinajstić information content (AvgIpc) is 3.45. The highest BCUT2D eigenvalue weighted by Crippen LogP contribution is 2.36. The maximum atomic E-state index is 13.1. The maximum Gasteiger partial charge on any atom is 0.417 e. The van der Waals surface area contributed by atoms with E-state index in [-0.39, 0.29) is 6.54 Å². The van der Waals surface area contributed by atoms with E-state index in [1.807, 2.05) is 31.4 Å². The quantitative estimate of drug-likeness (QED) is 0.372. The molecule has 31 heavy (non-hydrogen) atoms. The molecule has 11 heteroatoms. The topological polar surface area (TPSA) is 68.0 Å². The van der Waals surface area contributed by atoms with Gasteiger partial charge in [-0.3, -0.25) is 4.40 Å². The summed E-state index contributed by atoms with van der Waals surface area (Å²) < 4.78 is 40.7. The summed E-state index contributed by atoms with van der Waals surface area (Å²) in [7, 11) is 0. The summed E-state index contributed by atoms with van der Waals surface area (Å²) in [6.07, 6.45) is -3.43. The number of hydrogen-bond donors (Lipinski definition) is 1. The van der Waals surface area contributed by atoms with Crippen molar-refractivity contribution in [3.05, 3.63) is 57.7 Å². The summed E-state index contributed by atoms with van der Waals surface area (Å²) in [5.41, 5.74) is 0.667. The van der Waals surface area contributed by atoms with Crippen LogP contribution in [0.1, 0.15) is 21.8 Å². The third kappa shape index (κ3) is 3.53. The highest BCUT2D eigenvalue weighted by atomic mass is 32.1. The molecule has 5 rings (SSSR count). The molecule has 6 nitrogen and oxygen atoms in total. The van der Waals surface area contributed by atoms with Crippen molar-refractivity contribution in [3.63, 3.8) is 0 Å². The minimum Gasteiger partial charge on any atom is -0.362 e. The number of pyridine rings is 1. The third-order valence-electron chi connectivity index (χ3n) is 4.98. The Hall–Kier alpha value is -3.05. The van der Waals surface area contributed by atoms with E-state index in [2.05, 4.69) is 15.5 Å². The van der Waals surface area contributed by atoms with Crippen molar-refractivity contribution in [1.82, 2.24) is 24.6 Å². The van der Waals surface area contributed by atoms with Crippen molar-refractivity contribution >= 4 is 44.4 Å². The number of alkyl halides is 3. The molecule has 0 aromatic carbocycles. The van der Waals surface area contributed by atoms with E-state index in [0.717, 1.165) is 37.8 Å². The monoisotopic (exact) mass is 460 g/mol. The lowest BCUT2D eigenvalue weighted by atomic mass is 10.2. The van der Waals surface area contributed by atoms with Crippen LogP contribution in [0.2, 0.25) is 0 Å². The van der Waals surface area contributed by atoms with Crippen LogP contribution in [-0.4, -0.2) is 24.6 Å². The second-order valence-corrected chi connectivity index (χ2v) is 9.10. The molecule has 0 fully saturated rings. The van der Waals surface area contributed by atoms with E-state index in [4.69, 9.17) is 9.97 Å². The van der Waals surface area contributed by atoms with Gasteiger partial charge >= 0.3 is 6.18 Å². The van der Waals surface area contributed by atoms with E-state index in [1.165, 1.54) is 10.5 Å². The summed E-state index contributed by atoms with van der Waals surface area (Å²) in [6, 6.07) is 6.20. The molecule has 0 radical (unpaired) electrons. The van der Waals surface area contributed by atoms with Gasteiger partial charge in [0, 0.05) is 11.1 Å². The zero-order valence-electron chi connectivity index (χ0n) is 16.4. The Labute approximate surface area is 182 Å². The van der Waals surface area contributed by atoms with Crippen molar-refractivity contribution in [1.29, 1.82) is 0 Å². The standard InChI is InChI=1S/C20H15F3N6S2/c1-10-11(2)31-19-16(10)18(25-17(26-19)13-4-3-7-30-13)24-8-15-28-27-14-6-5-12(9-29(14)15)20(21,22)23/h3-7,9H,8H2,1-2H3,(H,24,25,26). The summed E-state index contributed by atoms with van der Waals surface area (Å²) in [5.74, 6) is 1.59. The molecule has 0 atom stereocenters. The highest BCUT2D eigenvalue weighted by Gasteiger charge is 2.31. The van der Waals surface area contributed by atoms with E-state index < -0.39 is 11.7 Å². The molecule has 5 aromatic heterocycles. The van der Waals surface area contributed by atoms with Crippen molar-refractivity contribution in [2.45, 2.75) is 26.6 Å². The van der Waals surface area contributed by atoms with Gasteiger partial charge in [0.15, 0.2) is 17.3 Å². The van der Waals surface area contributed by atoms with Crippen LogP contribution in [0.3, 0.4) is 0 Å². The minimum absolute atomic E-state index is 0.160. The van der Waals surface area contributed by atoms with Gasteiger partial charge < -0.3 is 5.32 Å². The normalized spacial score (nSPS) is 12.2. The van der Waals surface area contributed by atoms with Gasteiger partial charge in [-0.05, 0) is 43.0 Å². The molecule has 0 aliphatic rings. The Morgan fingerprint density at radius 2 is 1.94 bits per heavy atom. The van der Waals surface area contributed by atoms with Crippen molar-refractivity contribution in [2.75, 3.05) is 5.32 Å². The van der Waals surface area contributed by atoms with Crippen LogP contribution in [0.5, 0.6) is 0 Å². The molecule has 0 bridgehead atoms. The fourth-order valence-corrected chi connectivity index (χ4v) is 4.97. The number of nitrogens with zero attached hydrogens (tertiary/aromatic N) is 5. The first kappa shape index (κ1) is 19.9. The number of hydrogen-bond acceptors (Lipinski definition) is 7. The maximum absolute atomic E-state index is 13.1. The first-order valence-corrected chi connectivity index (χ1v) is 11.0. The fourth-order valence-electron chi connectivity index (χ4n) is 3.28. The van der Waals surface area contributed by atoms with E-state index in [9.17, 15) is 13.2 Å². The predicted molar refractivity (Wildman–Crippen MR) is 116 cm³/mol. The SMILES string of the molecule is Cc1sc2nc(-c3cccs3)nc(NCc3nnc4ccc(C(F)(F)F)cn34)c2c1C. The van der Waals surface area contributed by atoms with Gasteiger partial charge in [-0.25, -0.2) is 9.97 Å². The van der Waals surface area contributed by atoms with Crippen LogP contribution in [0.25, 0.3) is 26.6 Å². The van der Waals surface area contributed by atoms with E-state index in [0.29, 0.717) is 23.1 Å². The second-order valence-electron chi connectivity index (χ2n) is 6.95. The Bertz CT molecular complexity index is 1400. The van der Waals surface area contributed by atoms with Gasteiger partial charge in [0.2, 0.25) is 0 Å². The predicted octanol–water partition coefficient (Wildman–Crippen LogP) is 5.71. The lowest BCUT2D eigenvalue weighted by molar-refractivity contribution is -0.137. The molecule has 158 valence electrons. The van der Waals surface area contributed by atoms with Gasteiger partial charge in [-0.1, -0.05) is 6.07 Å². The lowest BCUT2D eigenvalue weighted by Crippen LogP contribution is -2.09. The van der Waals surface area contributed by atoms with Crippen molar-refractivity contribution in [3.8, 4) is 10.7 Å². The Morgan fingerprint density at radius 3 is 2.68 bits per heavy atom. The number of thiophene rings is 2. The Balaban J connectivity index is 1.55. The molecule has 5 heterocycles. The smallest absolute Gasteiger partial charge is 0.362 e. The average molecular weight is 461 g/mol. The first-order chi connectivity index (χ1) is 14.8. The summed E-state index contributed by atoms with van der Waals surface area (Å²) in [4.78, 5) is 12.4. The number of aryl methyl sites for hydroxylation is 2. The minimum atomic E-state index is -4.44. The fraction of sp³-hybridized carbons (Fsp3) is 0.200. The van der Waals surface area contributed by atoms with Crippen LogP contribution in [-0.2, 0) is 12.7 Å². The molecule has 0 unspecified atom stereocenters. The third-order valence-corrected chi connectivity index (χ3v) is 6.95. The number of nitrogens with one attached hydrogen (secondary N) is 1. The number of aromatic nitrogens is 5. The largest absolute Gasteiger partial charge is 0.417 e. The number of rotatable bonds is 4.